The molecule has 0 spiro atoms. The molecule has 0 aromatic carbocycles. The number of anilines is 1. The quantitative estimate of drug-likeness (QED) is 0.843. The van der Waals surface area contributed by atoms with E-state index in [0.717, 1.165) is 37.0 Å². The predicted octanol–water partition coefficient (Wildman–Crippen LogP) is 0.688. The standard InChI is InChI=1S/C11H17N3OS/c1-12-11-3-2-10(8-13-11)9-14-4-6-16(15)7-5-14/h2-3,8H,4-7,9H2,1H3,(H,12,13). The van der Waals surface area contributed by atoms with E-state index in [1.54, 1.807) is 0 Å². The molecule has 2 rings (SSSR count). The summed E-state index contributed by atoms with van der Waals surface area (Å²) in [5.74, 6) is 2.51. The van der Waals surface area contributed by atoms with Crippen LogP contribution in [0.15, 0.2) is 18.3 Å². The predicted molar refractivity (Wildman–Crippen MR) is 66.9 cm³/mol. The normalized spacial score (nSPS) is 18.6. The minimum atomic E-state index is -0.591. The fourth-order valence-electron chi connectivity index (χ4n) is 1.76. The van der Waals surface area contributed by atoms with Gasteiger partial charge in [-0.1, -0.05) is 6.07 Å². The Morgan fingerprint density at radius 3 is 2.75 bits per heavy atom. The van der Waals surface area contributed by atoms with Crippen LogP contribution in [-0.4, -0.2) is 45.7 Å². The van der Waals surface area contributed by atoms with Gasteiger partial charge in [-0.05, 0) is 11.6 Å². The maximum atomic E-state index is 11.2. The minimum absolute atomic E-state index is 0.591. The summed E-state index contributed by atoms with van der Waals surface area (Å²) in [4.78, 5) is 6.61. The Hall–Kier alpha value is -0.940. The Bertz CT molecular complexity index is 356. The van der Waals surface area contributed by atoms with Crippen molar-refractivity contribution in [3.8, 4) is 0 Å². The highest BCUT2D eigenvalue weighted by atomic mass is 32.2. The van der Waals surface area contributed by atoms with Crippen LogP contribution in [0.4, 0.5) is 5.82 Å². The van der Waals surface area contributed by atoms with E-state index in [4.69, 9.17) is 0 Å². The highest BCUT2D eigenvalue weighted by molar-refractivity contribution is 7.85. The number of hydrogen-bond donors (Lipinski definition) is 1. The zero-order chi connectivity index (χ0) is 11.4. The van der Waals surface area contributed by atoms with Crippen LogP contribution >= 0.6 is 0 Å². The van der Waals surface area contributed by atoms with Crippen molar-refractivity contribution in [1.82, 2.24) is 9.88 Å². The molecule has 0 radical (unpaired) electrons. The number of aromatic nitrogens is 1. The van der Waals surface area contributed by atoms with E-state index in [-0.39, 0.29) is 0 Å². The minimum Gasteiger partial charge on any atom is -0.373 e. The molecule has 0 bridgehead atoms. The molecule has 5 heteroatoms. The molecule has 88 valence electrons. The summed E-state index contributed by atoms with van der Waals surface area (Å²) in [6.45, 7) is 2.77. The number of hydrogen-bond acceptors (Lipinski definition) is 4. The second kappa shape index (κ2) is 5.41. The third-order valence-electron chi connectivity index (χ3n) is 2.76. The van der Waals surface area contributed by atoms with Crippen molar-refractivity contribution >= 4 is 16.6 Å². The zero-order valence-electron chi connectivity index (χ0n) is 9.48. The van der Waals surface area contributed by atoms with Crippen LogP contribution in [0.3, 0.4) is 0 Å². The van der Waals surface area contributed by atoms with Crippen molar-refractivity contribution in [2.75, 3.05) is 37.0 Å². The topological polar surface area (TPSA) is 45.2 Å². The Morgan fingerprint density at radius 1 is 1.44 bits per heavy atom. The van der Waals surface area contributed by atoms with E-state index in [9.17, 15) is 4.21 Å². The Kier molecular flexibility index (Phi) is 3.90. The number of pyridine rings is 1. The van der Waals surface area contributed by atoms with Gasteiger partial charge in [0.1, 0.15) is 5.82 Å². The zero-order valence-corrected chi connectivity index (χ0v) is 10.3. The van der Waals surface area contributed by atoms with E-state index in [1.165, 1.54) is 5.56 Å². The van der Waals surface area contributed by atoms with Crippen molar-refractivity contribution < 1.29 is 4.21 Å². The Labute approximate surface area is 98.5 Å². The molecule has 1 fully saturated rings. The van der Waals surface area contributed by atoms with Crippen LogP contribution < -0.4 is 5.32 Å². The molecule has 1 aromatic heterocycles. The molecule has 0 unspecified atom stereocenters. The average molecular weight is 239 g/mol. The molecule has 1 saturated heterocycles. The van der Waals surface area contributed by atoms with Gasteiger partial charge in [0.15, 0.2) is 0 Å². The molecular weight excluding hydrogens is 222 g/mol. The van der Waals surface area contributed by atoms with Gasteiger partial charge in [-0.15, -0.1) is 0 Å². The van der Waals surface area contributed by atoms with Gasteiger partial charge >= 0.3 is 0 Å². The monoisotopic (exact) mass is 239 g/mol. The summed E-state index contributed by atoms with van der Waals surface area (Å²) < 4.78 is 11.2. The van der Waals surface area contributed by atoms with Crippen molar-refractivity contribution in [3.63, 3.8) is 0 Å². The number of rotatable bonds is 3. The SMILES string of the molecule is CNc1ccc(CN2CCS(=O)CC2)cn1. The summed E-state index contributed by atoms with van der Waals surface area (Å²) in [7, 11) is 1.27. The first-order valence-electron chi connectivity index (χ1n) is 5.48. The summed E-state index contributed by atoms with van der Waals surface area (Å²) in [5, 5.41) is 3.00. The van der Waals surface area contributed by atoms with Crippen LogP contribution in [0, 0.1) is 0 Å². The molecule has 0 saturated carbocycles. The van der Waals surface area contributed by atoms with Crippen molar-refractivity contribution in [1.29, 1.82) is 0 Å². The van der Waals surface area contributed by atoms with E-state index in [1.807, 2.05) is 19.3 Å². The van der Waals surface area contributed by atoms with Crippen molar-refractivity contribution in [2.24, 2.45) is 0 Å². The molecule has 1 N–H and O–H groups in total. The molecule has 0 amide bonds. The van der Waals surface area contributed by atoms with Crippen molar-refractivity contribution in [3.05, 3.63) is 23.9 Å². The third-order valence-corrected chi connectivity index (χ3v) is 4.03. The maximum Gasteiger partial charge on any atom is 0.125 e. The van der Waals surface area contributed by atoms with Crippen LogP contribution in [0.5, 0.6) is 0 Å². The fourth-order valence-corrected chi connectivity index (χ4v) is 2.89. The largest absolute Gasteiger partial charge is 0.373 e. The number of nitrogens with one attached hydrogen (secondary N) is 1. The van der Waals surface area contributed by atoms with Gasteiger partial charge in [-0.25, -0.2) is 4.98 Å². The van der Waals surface area contributed by atoms with Crippen LogP contribution in [-0.2, 0) is 17.3 Å². The molecule has 0 aliphatic carbocycles. The average Bonchev–Trinajstić information content (AvgIpc) is 2.33. The van der Waals surface area contributed by atoms with Crippen molar-refractivity contribution in [2.45, 2.75) is 6.54 Å². The Morgan fingerprint density at radius 2 is 2.19 bits per heavy atom. The van der Waals surface area contributed by atoms with E-state index >= 15 is 0 Å². The smallest absolute Gasteiger partial charge is 0.125 e. The first-order valence-corrected chi connectivity index (χ1v) is 6.97. The first-order chi connectivity index (χ1) is 7.78. The van der Waals surface area contributed by atoms with E-state index in [0.29, 0.717) is 0 Å². The molecule has 2 heterocycles. The molecule has 1 aliphatic heterocycles. The van der Waals surface area contributed by atoms with Gasteiger partial charge in [0.2, 0.25) is 0 Å². The lowest BCUT2D eigenvalue weighted by molar-refractivity contribution is 0.291. The lowest BCUT2D eigenvalue weighted by Crippen LogP contribution is -2.37. The molecule has 1 aliphatic rings. The number of nitrogens with zero attached hydrogens (tertiary/aromatic N) is 2. The summed E-state index contributed by atoms with van der Waals surface area (Å²) in [6.07, 6.45) is 1.90. The second-order valence-corrected chi connectivity index (χ2v) is 5.62. The van der Waals surface area contributed by atoms with Gasteiger partial charge in [-0.3, -0.25) is 9.11 Å². The first kappa shape index (κ1) is 11.5. The maximum absolute atomic E-state index is 11.2. The molecule has 4 nitrogen and oxygen atoms in total. The van der Waals surface area contributed by atoms with E-state index < -0.39 is 10.8 Å². The summed E-state index contributed by atoms with van der Waals surface area (Å²) in [6, 6.07) is 4.07. The Balaban J connectivity index is 1.90. The van der Waals surface area contributed by atoms with Gasteiger partial charge < -0.3 is 5.32 Å². The molecular formula is C11H17N3OS. The summed E-state index contributed by atoms with van der Waals surface area (Å²) in [5.41, 5.74) is 1.21. The molecule has 0 atom stereocenters. The van der Waals surface area contributed by atoms with Crippen LogP contribution in [0.1, 0.15) is 5.56 Å². The lowest BCUT2D eigenvalue weighted by atomic mass is 10.2. The summed E-state index contributed by atoms with van der Waals surface area (Å²) >= 11 is 0. The second-order valence-electron chi connectivity index (χ2n) is 3.93. The van der Waals surface area contributed by atoms with Crippen LogP contribution in [0.2, 0.25) is 0 Å². The van der Waals surface area contributed by atoms with Crippen LogP contribution in [0.25, 0.3) is 0 Å². The van der Waals surface area contributed by atoms with Gasteiger partial charge in [0.05, 0.1) is 0 Å². The molecule has 16 heavy (non-hydrogen) atoms. The highest BCUT2D eigenvalue weighted by Gasteiger charge is 2.14. The van der Waals surface area contributed by atoms with Gasteiger partial charge in [0, 0.05) is 55.2 Å². The lowest BCUT2D eigenvalue weighted by Gasteiger charge is -2.25. The van der Waals surface area contributed by atoms with E-state index in [2.05, 4.69) is 21.3 Å². The van der Waals surface area contributed by atoms with Gasteiger partial charge in [0.25, 0.3) is 0 Å². The third kappa shape index (κ3) is 3.02. The fraction of sp³-hybridized carbons (Fsp3) is 0.545. The molecule has 1 aromatic rings. The van der Waals surface area contributed by atoms with Gasteiger partial charge in [-0.2, -0.15) is 0 Å². The highest BCUT2D eigenvalue weighted by Crippen LogP contribution is 2.09.